The quantitative estimate of drug-likeness (QED) is 0.854. The standard InChI is InChI=1S/C12H12Cl2N2O/c1-7-10(17)4-5-16(7)9-3-2-8(6-15)11(13)12(9)14/h2-3,7,10,17H,4-5H2,1H3/t7-,10-/m0/s1. The summed E-state index contributed by atoms with van der Waals surface area (Å²) >= 11 is 12.2. The van der Waals surface area contributed by atoms with E-state index in [-0.39, 0.29) is 17.2 Å². The molecule has 2 rings (SSSR count). The summed E-state index contributed by atoms with van der Waals surface area (Å²) in [5.41, 5.74) is 1.15. The molecule has 1 N–H and O–H groups in total. The topological polar surface area (TPSA) is 47.3 Å². The lowest BCUT2D eigenvalue weighted by atomic mass is 10.1. The summed E-state index contributed by atoms with van der Waals surface area (Å²) in [5.74, 6) is 0. The van der Waals surface area contributed by atoms with E-state index < -0.39 is 0 Å². The highest BCUT2D eigenvalue weighted by atomic mass is 35.5. The van der Waals surface area contributed by atoms with E-state index in [1.165, 1.54) is 0 Å². The second-order valence-corrected chi connectivity index (χ2v) is 4.92. The number of anilines is 1. The Morgan fingerprint density at radius 2 is 2.12 bits per heavy atom. The SMILES string of the molecule is C[C@H]1[C@@H](O)CCN1c1ccc(C#N)c(Cl)c1Cl. The molecule has 0 aromatic heterocycles. The van der Waals surface area contributed by atoms with Crippen molar-refractivity contribution in [1.82, 2.24) is 0 Å². The number of hydrogen-bond donors (Lipinski definition) is 1. The van der Waals surface area contributed by atoms with Crippen molar-refractivity contribution >= 4 is 28.9 Å². The van der Waals surface area contributed by atoms with Crippen molar-refractivity contribution in [2.24, 2.45) is 0 Å². The van der Waals surface area contributed by atoms with Gasteiger partial charge in [0.25, 0.3) is 0 Å². The van der Waals surface area contributed by atoms with E-state index in [9.17, 15) is 5.11 Å². The number of nitrogens with zero attached hydrogens (tertiary/aromatic N) is 2. The monoisotopic (exact) mass is 270 g/mol. The Kier molecular flexibility index (Phi) is 3.48. The zero-order valence-corrected chi connectivity index (χ0v) is 10.8. The first kappa shape index (κ1) is 12.5. The molecule has 1 aliphatic heterocycles. The first-order valence-corrected chi connectivity index (χ1v) is 6.14. The number of rotatable bonds is 1. The van der Waals surface area contributed by atoms with Gasteiger partial charge in [-0.1, -0.05) is 23.2 Å². The molecule has 1 heterocycles. The number of aliphatic hydroxyl groups is 1. The van der Waals surface area contributed by atoms with E-state index in [0.29, 0.717) is 10.6 Å². The highest BCUT2D eigenvalue weighted by Crippen LogP contribution is 2.38. The third kappa shape index (κ3) is 2.09. The van der Waals surface area contributed by atoms with Crippen molar-refractivity contribution < 1.29 is 5.11 Å². The third-order valence-electron chi connectivity index (χ3n) is 3.21. The molecule has 0 amide bonds. The fourth-order valence-electron chi connectivity index (χ4n) is 2.11. The van der Waals surface area contributed by atoms with E-state index in [4.69, 9.17) is 28.5 Å². The minimum atomic E-state index is -0.347. The maximum absolute atomic E-state index is 9.72. The highest BCUT2D eigenvalue weighted by molar-refractivity contribution is 6.44. The molecule has 1 aromatic carbocycles. The van der Waals surface area contributed by atoms with Crippen molar-refractivity contribution in [2.45, 2.75) is 25.5 Å². The van der Waals surface area contributed by atoms with Crippen LogP contribution in [0.2, 0.25) is 10.0 Å². The highest BCUT2D eigenvalue weighted by Gasteiger charge is 2.30. The number of halogens is 2. The Balaban J connectivity index is 2.41. The molecule has 0 aliphatic carbocycles. The fourth-order valence-corrected chi connectivity index (χ4v) is 2.59. The number of hydrogen-bond acceptors (Lipinski definition) is 3. The van der Waals surface area contributed by atoms with Crippen molar-refractivity contribution in [3.8, 4) is 6.07 Å². The van der Waals surface area contributed by atoms with E-state index in [0.717, 1.165) is 18.7 Å². The fraction of sp³-hybridized carbons (Fsp3) is 0.417. The van der Waals surface area contributed by atoms with Crippen LogP contribution in [0.3, 0.4) is 0 Å². The molecule has 17 heavy (non-hydrogen) atoms. The average molecular weight is 271 g/mol. The van der Waals surface area contributed by atoms with Gasteiger partial charge >= 0.3 is 0 Å². The van der Waals surface area contributed by atoms with Gasteiger partial charge in [0, 0.05) is 6.54 Å². The Morgan fingerprint density at radius 3 is 2.65 bits per heavy atom. The lowest BCUT2D eigenvalue weighted by molar-refractivity contribution is 0.170. The predicted octanol–water partition coefficient (Wildman–Crippen LogP) is 2.82. The van der Waals surface area contributed by atoms with Crippen molar-refractivity contribution in [1.29, 1.82) is 5.26 Å². The van der Waals surface area contributed by atoms with Gasteiger partial charge in [-0.2, -0.15) is 5.26 Å². The summed E-state index contributed by atoms with van der Waals surface area (Å²) in [7, 11) is 0. The van der Waals surface area contributed by atoms with E-state index in [2.05, 4.69) is 0 Å². The molecule has 1 saturated heterocycles. The summed E-state index contributed by atoms with van der Waals surface area (Å²) < 4.78 is 0. The maximum Gasteiger partial charge on any atom is 0.101 e. The molecule has 3 nitrogen and oxygen atoms in total. The minimum absolute atomic E-state index is 0.0107. The van der Waals surface area contributed by atoms with Gasteiger partial charge in [-0.15, -0.1) is 0 Å². The maximum atomic E-state index is 9.72. The molecule has 0 unspecified atom stereocenters. The normalized spacial score (nSPS) is 23.8. The predicted molar refractivity (Wildman–Crippen MR) is 68.6 cm³/mol. The molecular weight excluding hydrogens is 259 g/mol. The molecule has 0 radical (unpaired) electrons. The molecule has 1 fully saturated rings. The summed E-state index contributed by atoms with van der Waals surface area (Å²) in [6.45, 7) is 2.68. The van der Waals surface area contributed by atoms with E-state index in [1.54, 1.807) is 12.1 Å². The Morgan fingerprint density at radius 1 is 1.41 bits per heavy atom. The van der Waals surface area contributed by atoms with Gasteiger partial charge in [-0.05, 0) is 25.5 Å². The van der Waals surface area contributed by atoms with Crippen LogP contribution in [0.5, 0.6) is 0 Å². The second kappa shape index (κ2) is 4.73. The largest absolute Gasteiger partial charge is 0.391 e. The summed E-state index contributed by atoms with van der Waals surface area (Å²) in [6, 6.07) is 5.43. The summed E-state index contributed by atoms with van der Waals surface area (Å²) in [6.07, 6.45) is 0.371. The van der Waals surface area contributed by atoms with E-state index >= 15 is 0 Å². The molecule has 0 saturated carbocycles. The van der Waals surface area contributed by atoms with Gasteiger partial charge in [0.05, 0.1) is 33.4 Å². The molecule has 5 heteroatoms. The zero-order chi connectivity index (χ0) is 12.6. The molecule has 0 spiro atoms. The van der Waals surface area contributed by atoms with Gasteiger partial charge in [0.2, 0.25) is 0 Å². The van der Waals surface area contributed by atoms with Gasteiger partial charge in [-0.3, -0.25) is 0 Å². The number of aliphatic hydroxyl groups excluding tert-OH is 1. The minimum Gasteiger partial charge on any atom is -0.391 e. The zero-order valence-electron chi connectivity index (χ0n) is 9.32. The average Bonchev–Trinajstić information content (AvgIpc) is 2.64. The first-order chi connectivity index (χ1) is 8.06. The van der Waals surface area contributed by atoms with Crippen LogP contribution in [0, 0.1) is 11.3 Å². The molecule has 0 bridgehead atoms. The van der Waals surface area contributed by atoms with Crippen LogP contribution < -0.4 is 4.90 Å². The van der Waals surface area contributed by atoms with E-state index in [1.807, 2.05) is 17.9 Å². The first-order valence-electron chi connectivity index (χ1n) is 5.39. The van der Waals surface area contributed by atoms with Crippen molar-refractivity contribution in [3.05, 3.63) is 27.7 Å². The molecule has 1 aliphatic rings. The van der Waals surface area contributed by atoms with Gasteiger partial charge < -0.3 is 10.0 Å². The number of benzene rings is 1. The Bertz CT molecular complexity index is 484. The van der Waals surface area contributed by atoms with Crippen LogP contribution in [-0.4, -0.2) is 23.8 Å². The van der Waals surface area contributed by atoms with Crippen LogP contribution in [-0.2, 0) is 0 Å². The van der Waals surface area contributed by atoms with Gasteiger partial charge in [-0.25, -0.2) is 0 Å². The lowest BCUT2D eigenvalue weighted by Crippen LogP contribution is -2.32. The Hall–Kier alpha value is -0.950. The van der Waals surface area contributed by atoms with Crippen LogP contribution in [0.15, 0.2) is 12.1 Å². The lowest BCUT2D eigenvalue weighted by Gasteiger charge is -2.26. The van der Waals surface area contributed by atoms with Crippen molar-refractivity contribution in [3.63, 3.8) is 0 Å². The van der Waals surface area contributed by atoms with Crippen LogP contribution in [0.25, 0.3) is 0 Å². The second-order valence-electron chi connectivity index (χ2n) is 4.16. The van der Waals surface area contributed by atoms with Crippen LogP contribution >= 0.6 is 23.2 Å². The van der Waals surface area contributed by atoms with Crippen LogP contribution in [0.4, 0.5) is 5.69 Å². The third-order valence-corrected chi connectivity index (χ3v) is 4.08. The molecule has 90 valence electrons. The smallest absolute Gasteiger partial charge is 0.101 e. The Labute approximate surface area is 110 Å². The number of nitriles is 1. The van der Waals surface area contributed by atoms with Gasteiger partial charge in [0.15, 0.2) is 0 Å². The van der Waals surface area contributed by atoms with Crippen molar-refractivity contribution in [2.75, 3.05) is 11.4 Å². The summed E-state index contributed by atoms with van der Waals surface area (Å²) in [5, 5.41) is 19.2. The molecule has 1 aromatic rings. The summed E-state index contributed by atoms with van der Waals surface area (Å²) in [4.78, 5) is 2.01. The molecular formula is C12H12Cl2N2O. The van der Waals surface area contributed by atoms with Gasteiger partial charge in [0.1, 0.15) is 6.07 Å². The molecule has 2 atom stereocenters. The van der Waals surface area contributed by atoms with Crippen LogP contribution in [0.1, 0.15) is 18.9 Å².